The van der Waals surface area contributed by atoms with E-state index in [0.717, 1.165) is 22.1 Å². The van der Waals surface area contributed by atoms with Gasteiger partial charge in [0, 0.05) is 0 Å². The van der Waals surface area contributed by atoms with Gasteiger partial charge in [-0.2, -0.15) is 0 Å². The van der Waals surface area contributed by atoms with Crippen LogP contribution in [0.3, 0.4) is 0 Å². The number of carbonyl (C=O) groups is 2. The minimum Gasteiger partial charge on any atom is -0.492 e. The van der Waals surface area contributed by atoms with E-state index in [9.17, 15) is 9.59 Å². The molecule has 3 rings (SSSR count). The molecular formula is C22H22N2O3. The number of carbonyl (C=O) groups excluding carboxylic acids is 2. The predicted molar refractivity (Wildman–Crippen MR) is 106 cm³/mol. The van der Waals surface area contributed by atoms with Gasteiger partial charge in [-0.3, -0.25) is 9.59 Å². The fourth-order valence-corrected chi connectivity index (χ4v) is 2.80. The van der Waals surface area contributed by atoms with E-state index in [1.54, 1.807) is 0 Å². The number of hydrogen-bond acceptors (Lipinski definition) is 3. The van der Waals surface area contributed by atoms with Gasteiger partial charge in [-0.05, 0) is 28.5 Å². The number of hydrogen-bond donors (Lipinski definition) is 2. The quantitative estimate of drug-likeness (QED) is 0.606. The Labute approximate surface area is 158 Å². The summed E-state index contributed by atoms with van der Waals surface area (Å²) in [5.41, 5.74) is 0.947. The molecule has 0 aromatic heterocycles. The van der Waals surface area contributed by atoms with E-state index < -0.39 is 0 Å². The summed E-state index contributed by atoms with van der Waals surface area (Å²) in [6, 6.07) is 23.2. The normalized spacial score (nSPS) is 10.4. The molecule has 27 heavy (non-hydrogen) atoms. The zero-order chi connectivity index (χ0) is 18.9. The van der Waals surface area contributed by atoms with Crippen molar-refractivity contribution in [3.05, 3.63) is 78.4 Å². The Hall–Kier alpha value is -3.34. The highest BCUT2D eigenvalue weighted by Gasteiger charge is 2.08. The van der Waals surface area contributed by atoms with Crippen molar-refractivity contribution in [2.45, 2.75) is 6.42 Å². The second kappa shape index (κ2) is 9.38. The van der Waals surface area contributed by atoms with Gasteiger partial charge in [-0.15, -0.1) is 0 Å². The molecule has 0 radical (unpaired) electrons. The minimum atomic E-state index is -0.238. The molecule has 0 saturated heterocycles. The van der Waals surface area contributed by atoms with E-state index in [0.29, 0.717) is 13.2 Å². The second-order valence-electron chi connectivity index (χ2n) is 6.10. The first-order chi connectivity index (χ1) is 13.2. The Morgan fingerprint density at radius 2 is 1.52 bits per heavy atom. The molecule has 0 fully saturated rings. The van der Waals surface area contributed by atoms with Gasteiger partial charge in [0.25, 0.3) is 0 Å². The number of benzene rings is 3. The number of ether oxygens (including phenoxy) is 1. The summed E-state index contributed by atoms with van der Waals surface area (Å²) in [5.74, 6) is 0.343. The highest BCUT2D eigenvalue weighted by Crippen LogP contribution is 2.18. The van der Waals surface area contributed by atoms with Gasteiger partial charge in [0.2, 0.25) is 11.8 Å². The lowest BCUT2D eigenvalue weighted by atomic mass is 10.0. The molecule has 138 valence electrons. The molecule has 2 N–H and O–H groups in total. The number of para-hydroxylation sites is 1. The van der Waals surface area contributed by atoms with E-state index in [1.165, 1.54) is 0 Å². The van der Waals surface area contributed by atoms with Gasteiger partial charge in [0.15, 0.2) is 0 Å². The zero-order valence-corrected chi connectivity index (χ0v) is 15.0. The second-order valence-corrected chi connectivity index (χ2v) is 6.10. The van der Waals surface area contributed by atoms with Gasteiger partial charge in [0.1, 0.15) is 12.4 Å². The van der Waals surface area contributed by atoms with E-state index in [2.05, 4.69) is 10.6 Å². The lowest BCUT2D eigenvalue weighted by molar-refractivity contribution is -0.125. The van der Waals surface area contributed by atoms with Crippen molar-refractivity contribution in [3.8, 4) is 5.75 Å². The van der Waals surface area contributed by atoms with Crippen LogP contribution in [-0.2, 0) is 16.0 Å². The molecule has 0 saturated carbocycles. The first kappa shape index (κ1) is 18.5. The summed E-state index contributed by atoms with van der Waals surface area (Å²) in [7, 11) is 0. The molecule has 0 unspecified atom stereocenters. The molecule has 0 heterocycles. The van der Waals surface area contributed by atoms with E-state index in [1.807, 2.05) is 72.8 Å². The van der Waals surface area contributed by atoms with Crippen LogP contribution in [0.1, 0.15) is 5.56 Å². The molecule has 3 aromatic carbocycles. The average molecular weight is 362 g/mol. The van der Waals surface area contributed by atoms with Gasteiger partial charge >= 0.3 is 0 Å². The molecular weight excluding hydrogens is 340 g/mol. The fraction of sp³-hybridized carbons (Fsp3) is 0.182. The van der Waals surface area contributed by atoms with Crippen LogP contribution in [0.2, 0.25) is 0 Å². The highest BCUT2D eigenvalue weighted by molar-refractivity contribution is 5.91. The highest BCUT2D eigenvalue weighted by atomic mass is 16.5. The third-order valence-electron chi connectivity index (χ3n) is 4.11. The lowest BCUT2D eigenvalue weighted by Crippen LogP contribution is -2.39. The van der Waals surface area contributed by atoms with E-state index in [-0.39, 0.29) is 24.8 Å². The van der Waals surface area contributed by atoms with E-state index >= 15 is 0 Å². The van der Waals surface area contributed by atoms with Crippen LogP contribution in [0.4, 0.5) is 0 Å². The average Bonchev–Trinajstić information content (AvgIpc) is 2.71. The van der Waals surface area contributed by atoms with Crippen LogP contribution in [0.5, 0.6) is 5.75 Å². The van der Waals surface area contributed by atoms with Crippen LogP contribution in [0.25, 0.3) is 10.8 Å². The third kappa shape index (κ3) is 5.57. The lowest BCUT2D eigenvalue weighted by Gasteiger charge is -2.09. The molecule has 2 amide bonds. The molecule has 0 atom stereocenters. The molecule has 0 aliphatic heterocycles. The summed E-state index contributed by atoms with van der Waals surface area (Å²) in [4.78, 5) is 24.0. The molecule has 5 nitrogen and oxygen atoms in total. The predicted octanol–water partition coefficient (Wildman–Crippen LogP) is 2.69. The number of nitrogens with one attached hydrogen (secondary N) is 2. The van der Waals surface area contributed by atoms with Crippen LogP contribution in [0.15, 0.2) is 72.8 Å². The molecule has 0 spiro atoms. The Morgan fingerprint density at radius 3 is 2.37 bits per heavy atom. The largest absolute Gasteiger partial charge is 0.492 e. The molecule has 0 bridgehead atoms. The van der Waals surface area contributed by atoms with Crippen LogP contribution in [-0.4, -0.2) is 31.5 Å². The molecule has 0 aliphatic carbocycles. The summed E-state index contributed by atoms with van der Waals surface area (Å²) >= 11 is 0. The van der Waals surface area contributed by atoms with Crippen molar-refractivity contribution in [1.82, 2.24) is 10.6 Å². The van der Waals surface area contributed by atoms with Crippen LogP contribution < -0.4 is 15.4 Å². The Morgan fingerprint density at radius 1 is 0.778 bits per heavy atom. The third-order valence-corrected chi connectivity index (χ3v) is 4.11. The summed E-state index contributed by atoms with van der Waals surface area (Å²) in [6.45, 7) is 0.710. The Bertz CT molecular complexity index is 904. The maximum atomic E-state index is 12.2. The number of rotatable bonds is 8. The van der Waals surface area contributed by atoms with Crippen molar-refractivity contribution in [3.63, 3.8) is 0 Å². The van der Waals surface area contributed by atoms with Crippen molar-refractivity contribution in [2.75, 3.05) is 19.7 Å². The monoisotopic (exact) mass is 362 g/mol. The molecule has 3 aromatic rings. The smallest absolute Gasteiger partial charge is 0.239 e. The van der Waals surface area contributed by atoms with Crippen molar-refractivity contribution in [2.24, 2.45) is 0 Å². The fourth-order valence-electron chi connectivity index (χ4n) is 2.80. The van der Waals surface area contributed by atoms with E-state index in [4.69, 9.17) is 4.74 Å². The van der Waals surface area contributed by atoms with Gasteiger partial charge in [-0.25, -0.2) is 0 Å². The van der Waals surface area contributed by atoms with Gasteiger partial charge < -0.3 is 15.4 Å². The maximum Gasteiger partial charge on any atom is 0.239 e. The Balaban J connectivity index is 1.39. The first-order valence-electron chi connectivity index (χ1n) is 8.90. The number of amides is 2. The number of fused-ring (bicyclic) bond motifs is 1. The zero-order valence-electron chi connectivity index (χ0n) is 15.0. The SMILES string of the molecule is O=C(CNC(=O)Cc1cccc2ccccc12)NCCOc1ccccc1. The maximum absolute atomic E-state index is 12.2. The summed E-state index contributed by atoms with van der Waals surface area (Å²) in [6.07, 6.45) is 0.242. The van der Waals surface area contributed by atoms with Crippen molar-refractivity contribution >= 4 is 22.6 Å². The summed E-state index contributed by atoms with van der Waals surface area (Å²) < 4.78 is 5.50. The topological polar surface area (TPSA) is 67.4 Å². The van der Waals surface area contributed by atoms with Gasteiger partial charge in [0.05, 0.1) is 19.5 Å². The molecule has 5 heteroatoms. The van der Waals surface area contributed by atoms with Crippen molar-refractivity contribution < 1.29 is 14.3 Å². The molecule has 0 aliphatic rings. The summed E-state index contributed by atoms with van der Waals surface area (Å²) in [5, 5.41) is 7.54. The van der Waals surface area contributed by atoms with Gasteiger partial charge in [-0.1, -0.05) is 60.7 Å². The van der Waals surface area contributed by atoms with Crippen molar-refractivity contribution in [1.29, 1.82) is 0 Å². The standard InChI is InChI=1S/C22H22N2O3/c25-21(15-18-9-6-8-17-7-4-5-12-20(17)18)24-16-22(26)23-13-14-27-19-10-2-1-3-11-19/h1-12H,13-16H2,(H,23,26)(H,24,25). The first-order valence-corrected chi connectivity index (χ1v) is 8.90. The van der Waals surface area contributed by atoms with Crippen LogP contribution >= 0.6 is 0 Å². The van der Waals surface area contributed by atoms with Crippen LogP contribution in [0, 0.1) is 0 Å². The minimum absolute atomic E-state index is 0.0467. The Kier molecular flexibility index (Phi) is 6.41.